The van der Waals surface area contributed by atoms with Crippen molar-refractivity contribution >= 4 is 15.9 Å². The van der Waals surface area contributed by atoms with Crippen molar-refractivity contribution in [1.29, 1.82) is 0 Å². The SMILES string of the molecule is COc1ccc(S(=O)(=O)N2CCC[C@H](N3CCCC3=O)C2)c(OC)c1. The molecule has 1 atom stereocenters. The van der Waals surface area contributed by atoms with Crippen molar-refractivity contribution in [3.63, 3.8) is 0 Å². The number of nitrogens with zero attached hydrogens (tertiary/aromatic N) is 2. The summed E-state index contributed by atoms with van der Waals surface area (Å²) in [4.78, 5) is 14.0. The lowest BCUT2D eigenvalue weighted by Gasteiger charge is -2.37. The van der Waals surface area contributed by atoms with Crippen LogP contribution in [-0.2, 0) is 14.8 Å². The number of likely N-dealkylation sites (tertiary alicyclic amines) is 1. The van der Waals surface area contributed by atoms with E-state index in [2.05, 4.69) is 0 Å². The Labute approximate surface area is 148 Å². The fourth-order valence-electron chi connectivity index (χ4n) is 3.58. The van der Waals surface area contributed by atoms with Crippen molar-refractivity contribution in [2.75, 3.05) is 33.9 Å². The van der Waals surface area contributed by atoms with Gasteiger partial charge in [-0.15, -0.1) is 0 Å². The van der Waals surface area contributed by atoms with E-state index in [-0.39, 0.29) is 22.6 Å². The number of amides is 1. The van der Waals surface area contributed by atoms with Gasteiger partial charge in [-0.05, 0) is 31.4 Å². The number of benzene rings is 1. The zero-order chi connectivity index (χ0) is 18.0. The molecule has 138 valence electrons. The van der Waals surface area contributed by atoms with Crippen LogP contribution in [0.1, 0.15) is 25.7 Å². The topological polar surface area (TPSA) is 76.2 Å². The Balaban J connectivity index is 1.85. The minimum atomic E-state index is -3.69. The summed E-state index contributed by atoms with van der Waals surface area (Å²) in [5, 5.41) is 0. The van der Waals surface area contributed by atoms with Crippen LogP contribution in [0.5, 0.6) is 11.5 Å². The van der Waals surface area contributed by atoms with E-state index in [0.29, 0.717) is 25.3 Å². The molecule has 25 heavy (non-hydrogen) atoms. The average Bonchev–Trinajstić information content (AvgIpc) is 3.07. The van der Waals surface area contributed by atoms with Gasteiger partial charge in [-0.2, -0.15) is 4.31 Å². The molecule has 0 aliphatic carbocycles. The number of carbonyl (C=O) groups excluding carboxylic acids is 1. The molecule has 2 fully saturated rings. The van der Waals surface area contributed by atoms with Crippen molar-refractivity contribution in [3.8, 4) is 11.5 Å². The van der Waals surface area contributed by atoms with Gasteiger partial charge < -0.3 is 14.4 Å². The predicted molar refractivity (Wildman–Crippen MR) is 92.3 cm³/mol. The lowest BCUT2D eigenvalue weighted by atomic mass is 10.1. The summed E-state index contributed by atoms with van der Waals surface area (Å²) in [6.07, 6.45) is 3.01. The Bertz CT molecular complexity index is 749. The molecule has 0 aromatic heterocycles. The maximum atomic E-state index is 13.1. The zero-order valence-corrected chi connectivity index (χ0v) is 15.4. The normalized spacial score (nSPS) is 22.2. The molecule has 0 saturated carbocycles. The predicted octanol–water partition coefficient (Wildman–Crippen LogP) is 1.48. The average molecular weight is 368 g/mol. The second-order valence-electron chi connectivity index (χ2n) is 6.37. The first-order valence-corrected chi connectivity index (χ1v) is 9.93. The van der Waals surface area contributed by atoms with Crippen LogP contribution >= 0.6 is 0 Å². The Hall–Kier alpha value is -1.80. The highest BCUT2D eigenvalue weighted by Crippen LogP contribution is 2.32. The summed E-state index contributed by atoms with van der Waals surface area (Å²) in [5.41, 5.74) is 0. The third-order valence-corrected chi connectivity index (χ3v) is 6.80. The van der Waals surface area contributed by atoms with Crippen LogP contribution in [-0.4, -0.2) is 63.4 Å². The monoisotopic (exact) mass is 368 g/mol. The van der Waals surface area contributed by atoms with Crippen LogP contribution in [0.3, 0.4) is 0 Å². The molecule has 0 bridgehead atoms. The minimum absolute atomic E-state index is 0.0391. The Morgan fingerprint density at radius 3 is 2.56 bits per heavy atom. The number of methoxy groups -OCH3 is 2. The van der Waals surface area contributed by atoms with E-state index in [9.17, 15) is 13.2 Å². The first-order chi connectivity index (χ1) is 12.0. The van der Waals surface area contributed by atoms with E-state index in [1.165, 1.54) is 24.6 Å². The number of piperidine rings is 1. The van der Waals surface area contributed by atoms with Crippen LogP contribution in [0.4, 0.5) is 0 Å². The Kier molecular flexibility index (Phi) is 5.19. The van der Waals surface area contributed by atoms with Crippen molar-refractivity contribution in [2.24, 2.45) is 0 Å². The van der Waals surface area contributed by atoms with Gasteiger partial charge in [0.2, 0.25) is 15.9 Å². The molecule has 0 unspecified atom stereocenters. The van der Waals surface area contributed by atoms with E-state index in [0.717, 1.165) is 25.8 Å². The van der Waals surface area contributed by atoms with E-state index >= 15 is 0 Å². The third-order valence-electron chi connectivity index (χ3n) is 4.90. The summed E-state index contributed by atoms with van der Waals surface area (Å²) in [5.74, 6) is 0.931. The maximum absolute atomic E-state index is 13.1. The van der Waals surface area contributed by atoms with Gasteiger partial charge in [-0.25, -0.2) is 8.42 Å². The van der Waals surface area contributed by atoms with Crippen molar-refractivity contribution < 1.29 is 22.7 Å². The van der Waals surface area contributed by atoms with Gasteiger partial charge in [0, 0.05) is 38.2 Å². The number of sulfonamides is 1. The molecule has 2 saturated heterocycles. The standard InChI is InChI=1S/C17H24N2O5S/c1-23-14-7-8-16(15(11-14)24-2)25(21,22)18-9-3-5-13(12-18)19-10-4-6-17(19)20/h7-8,11,13H,3-6,9-10,12H2,1-2H3/t13-/m0/s1. The van der Waals surface area contributed by atoms with Gasteiger partial charge >= 0.3 is 0 Å². The highest BCUT2D eigenvalue weighted by Gasteiger charge is 2.37. The van der Waals surface area contributed by atoms with Gasteiger partial charge in [-0.1, -0.05) is 0 Å². The molecule has 3 rings (SSSR count). The van der Waals surface area contributed by atoms with Gasteiger partial charge in [0.25, 0.3) is 0 Å². The number of ether oxygens (including phenoxy) is 2. The molecule has 2 aliphatic rings. The number of hydrogen-bond acceptors (Lipinski definition) is 5. The van der Waals surface area contributed by atoms with Gasteiger partial charge in [0.05, 0.1) is 14.2 Å². The fraction of sp³-hybridized carbons (Fsp3) is 0.588. The van der Waals surface area contributed by atoms with Crippen molar-refractivity contribution in [1.82, 2.24) is 9.21 Å². The van der Waals surface area contributed by atoms with Gasteiger partial charge in [0.1, 0.15) is 16.4 Å². The molecule has 1 aromatic rings. The highest BCUT2D eigenvalue weighted by atomic mass is 32.2. The zero-order valence-electron chi connectivity index (χ0n) is 14.6. The largest absolute Gasteiger partial charge is 0.497 e. The number of rotatable bonds is 5. The van der Waals surface area contributed by atoms with Crippen LogP contribution in [0, 0.1) is 0 Å². The molecule has 2 heterocycles. The lowest BCUT2D eigenvalue weighted by Crippen LogP contribution is -2.50. The second-order valence-corrected chi connectivity index (χ2v) is 8.27. The second kappa shape index (κ2) is 7.21. The van der Waals surface area contributed by atoms with Crippen LogP contribution in [0.15, 0.2) is 23.1 Å². The molecule has 8 heteroatoms. The van der Waals surface area contributed by atoms with E-state index in [4.69, 9.17) is 9.47 Å². The van der Waals surface area contributed by atoms with Gasteiger partial charge in [0.15, 0.2) is 0 Å². The minimum Gasteiger partial charge on any atom is -0.497 e. The van der Waals surface area contributed by atoms with Crippen LogP contribution in [0.25, 0.3) is 0 Å². The smallest absolute Gasteiger partial charge is 0.246 e. The summed E-state index contributed by atoms with van der Waals surface area (Å²) < 4.78 is 38.1. The van der Waals surface area contributed by atoms with Crippen LogP contribution in [0.2, 0.25) is 0 Å². The van der Waals surface area contributed by atoms with Crippen molar-refractivity contribution in [2.45, 2.75) is 36.6 Å². The third kappa shape index (κ3) is 3.46. The lowest BCUT2D eigenvalue weighted by molar-refractivity contribution is -0.130. The first kappa shape index (κ1) is 18.0. The van der Waals surface area contributed by atoms with Crippen molar-refractivity contribution in [3.05, 3.63) is 18.2 Å². The highest BCUT2D eigenvalue weighted by molar-refractivity contribution is 7.89. The van der Waals surface area contributed by atoms with E-state index < -0.39 is 10.0 Å². The molecule has 0 spiro atoms. The molecule has 2 aliphatic heterocycles. The maximum Gasteiger partial charge on any atom is 0.246 e. The van der Waals surface area contributed by atoms with E-state index in [1.54, 1.807) is 12.1 Å². The number of carbonyl (C=O) groups is 1. The molecule has 1 aromatic carbocycles. The molecular formula is C17H24N2O5S. The van der Waals surface area contributed by atoms with E-state index in [1.807, 2.05) is 4.90 Å². The molecule has 0 radical (unpaired) electrons. The fourth-order valence-corrected chi connectivity index (χ4v) is 5.23. The first-order valence-electron chi connectivity index (χ1n) is 8.49. The van der Waals surface area contributed by atoms with Crippen LogP contribution < -0.4 is 9.47 Å². The summed E-state index contributed by atoms with van der Waals surface area (Å²) in [7, 11) is -0.736. The molecular weight excluding hydrogens is 344 g/mol. The van der Waals surface area contributed by atoms with Gasteiger partial charge in [-0.3, -0.25) is 4.79 Å². The molecule has 1 amide bonds. The Morgan fingerprint density at radius 1 is 1.12 bits per heavy atom. The summed E-state index contributed by atoms with van der Waals surface area (Å²) >= 11 is 0. The summed E-state index contributed by atoms with van der Waals surface area (Å²) in [6.45, 7) is 1.52. The quantitative estimate of drug-likeness (QED) is 0.787. The number of hydrogen-bond donors (Lipinski definition) is 0. The summed E-state index contributed by atoms with van der Waals surface area (Å²) in [6, 6.07) is 4.65. The Morgan fingerprint density at radius 2 is 1.92 bits per heavy atom. The molecule has 7 nitrogen and oxygen atoms in total. The molecule has 0 N–H and O–H groups in total.